The topological polar surface area (TPSA) is 88.1 Å². The lowest BCUT2D eigenvalue weighted by Gasteiger charge is -2.13. The first-order valence-corrected chi connectivity index (χ1v) is 6.78. The van der Waals surface area contributed by atoms with Crippen molar-refractivity contribution in [2.45, 2.75) is 26.3 Å². The highest BCUT2D eigenvalue weighted by Crippen LogP contribution is 2.33. The first-order chi connectivity index (χ1) is 10.8. The molecule has 2 N–H and O–H groups in total. The number of halogens is 3. The smallest absolute Gasteiger partial charge is 0.422 e. The van der Waals surface area contributed by atoms with Gasteiger partial charge in [0.1, 0.15) is 18.2 Å². The van der Waals surface area contributed by atoms with Crippen molar-refractivity contribution < 1.29 is 22.6 Å². The van der Waals surface area contributed by atoms with E-state index in [1.165, 1.54) is 10.9 Å². The standard InChI is InChI=1S/C13H16F3N5O2/c1-3-22-8(2)21-5-9(4-20-21)10-11(12(17)19-7-18-10)23-6-13(14,15)16/h4-5,7-8H,3,6H2,1-2H3,(H2,17,18,19). The van der Waals surface area contributed by atoms with Gasteiger partial charge in [-0.15, -0.1) is 0 Å². The summed E-state index contributed by atoms with van der Waals surface area (Å²) in [6.07, 6.45) is -0.644. The molecular weight excluding hydrogens is 315 g/mol. The molecule has 0 radical (unpaired) electrons. The van der Waals surface area contributed by atoms with Crippen LogP contribution in [0.3, 0.4) is 0 Å². The summed E-state index contributed by atoms with van der Waals surface area (Å²) in [6.45, 7) is 2.64. The van der Waals surface area contributed by atoms with Gasteiger partial charge in [0.05, 0.1) is 6.20 Å². The third-order valence-corrected chi connectivity index (χ3v) is 2.87. The van der Waals surface area contributed by atoms with Gasteiger partial charge in [0.25, 0.3) is 0 Å². The molecule has 126 valence electrons. The Labute approximate surface area is 130 Å². The Morgan fingerprint density at radius 1 is 1.35 bits per heavy atom. The van der Waals surface area contributed by atoms with E-state index in [-0.39, 0.29) is 23.5 Å². The first-order valence-electron chi connectivity index (χ1n) is 6.78. The Balaban J connectivity index is 2.30. The van der Waals surface area contributed by atoms with E-state index in [0.717, 1.165) is 6.33 Å². The summed E-state index contributed by atoms with van der Waals surface area (Å²) in [5.74, 6) is -0.404. The van der Waals surface area contributed by atoms with Crippen LogP contribution >= 0.6 is 0 Å². The zero-order chi connectivity index (χ0) is 17.0. The summed E-state index contributed by atoms with van der Waals surface area (Å²) in [4.78, 5) is 7.61. The lowest BCUT2D eigenvalue weighted by molar-refractivity contribution is -0.153. The molecule has 10 heteroatoms. The summed E-state index contributed by atoms with van der Waals surface area (Å²) in [6, 6.07) is 0. The summed E-state index contributed by atoms with van der Waals surface area (Å²) in [5.41, 5.74) is 6.19. The van der Waals surface area contributed by atoms with E-state index < -0.39 is 12.8 Å². The van der Waals surface area contributed by atoms with Gasteiger partial charge < -0.3 is 15.2 Å². The summed E-state index contributed by atoms with van der Waals surface area (Å²) < 4.78 is 48.8. The van der Waals surface area contributed by atoms with Crippen molar-refractivity contribution in [3.8, 4) is 17.0 Å². The molecule has 2 rings (SSSR count). The van der Waals surface area contributed by atoms with Crippen molar-refractivity contribution in [2.75, 3.05) is 18.9 Å². The molecule has 2 aromatic heterocycles. The maximum absolute atomic E-state index is 12.4. The van der Waals surface area contributed by atoms with E-state index in [4.69, 9.17) is 15.2 Å². The summed E-state index contributed by atoms with van der Waals surface area (Å²) >= 11 is 0. The maximum atomic E-state index is 12.4. The zero-order valence-corrected chi connectivity index (χ0v) is 12.5. The Kier molecular flexibility index (Phi) is 5.04. The molecular formula is C13H16F3N5O2. The SMILES string of the molecule is CCOC(C)n1cc(-c2ncnc(N)c2OCC(F)(F)F)cn1. The van der Waals surface area contributed by atoms with Crippen LogP contribution in [0.2, 0.25) is 0 Å². The minimum Gasteiger partial charge on any atom is -0.478 e. The zero-order valence-electron chi connectivity index (χ0n) is 12.5. The van der Waals surface area contributed by atoms with E-state index in [0.29, 0.717) is 12.2 Å². The van der Waals surface area contributed by atoms with E-state index >= 15 is 0 Å². The second-order valence-electron chi connectivity index (χ2n) is 4.60. The highest BCUT2D eigenvalue weighted by molar-refractivity contribution is 5.70. The number of anilines is 1. The summed E-state index contributed by atoms with van der Waals surface area (Å²) in [5, 5.41) is 4.10. The molecule has 2 heterocycles. The molecule has 2 aromatic rings. The number of nitrogen functional groups attached to an aromatic ring is 1. The number of hydrogen-bond donors (Lipinski definition) is 1. The van der Waals surface area contributed by atoms with Gasteiger partial charge in [0.15, 0.2) is 18.2 Å². The molecule has 0 spiro atoms. The fraction of sp³-hybridized carbons (Fsp3) is 0.462. The lowest BCUT2D eigenvalue weighted by atomic mass is 10.2. The van der Waals surface area contributed by atoms with Crippen molar-refractivity contribution in [1.82, 2.24) is 19.7 Å². The van der Waals surface area contributed by atoms with Crippen LogP contribution in [0.5, 0.6) is 5.75 Å². The third kappa shape index (κ3) is 4.31. The van der Waals surface area contributed by atoms with Crippen LogP contribution in [0.4, 0.5) is 19.0 Å². The Morgan fingerprint density at radius 2 is 2.09 bits per heavy atom. The maximum Gasteiger partial charge on any atom is 0.422 e. The Morgan fingerprint density at radius 3 is 2.74 bits per heavy atom. The molecule has 23 heavy (non-hydrogen) atoms. The van der Waals surface area contributed by atoms with Crippen LogP contribution in [-0.2, 0) is 4.74 Å². The molecule has 1 unspecified atom stereocenters. The van der Waals surface area contributed by atoms with Crippen LogP contribution in [-0.4, -0.2) is 39.1 Å². The van der Waals surface area contributed by atoms with Crippen molar-refractivity contribution in [1.29, 1.82) is 0 Å². The van der Waals surface area contributed by atoms with Gasteiger partial charge in [0, 0.05) is 18.4 Å². The predicted octanol–water partition coefficient (Wildman–Crippen LogP) is 2.42. The normalized spacial score (nSPS) is 13.1. The van der Waals surface area contributed by atoms with E-state index in [1.54, 1.807) is 13.1 Å². The number of nitrogens with two attached hydrogens (primary N) is 1. The van der Waals surface area contributed by atoms with E-state index in [2.05, 4.69) is 15.1 Å². The number of aromatic nitrogens is 4. The highest BCUT2D eigenvalue weighted by atomic mass is 19.4. The van der Waals surface area contributed by atoms with Crippen molar-refractivity contribution in [3.05, 3.63) is 18.7 Å². The van der Waals surface area contributed by atoms with Crippen LogP contribution in [0.15, 0.2) is 18.7 Å². The lowest BCUT2D eigenvalue weighted by Crippen LogP contribution is -2.20. The van der Waals surface area contributed by atoms with Crippen molar-refractivity contribution in [2.24, 2.45) is 0 Å². The van der Waals surface area contributed by atoms with Gasteiger partial charge in [-0.25, -0.2) is 14.6 Å². The van der Waals surface area contributed by atoms with Crippen LogP contribution in [0.25, 0.3) is 11.3 Å². The number of hydrogen-bond acceptors (Lipinski definition) is 6. The molecule has 1 atom stereocenters. The minimum atomic E-state index is -4.49. The first kappa shape index (κ1) is 17.0. The van der Waals surface area contributed by atoms with Crippen molar-refractivity contribution >= 4 is 5.82 Å². The van der Waals surface area contributed by atoms with Gasteiger partial charge in [-0.1, -0.05) is 0 Å². The molecule has 0 amide bonds. The van der Waals surface area contributed by atoms with Crippen molar-refractivity contribution in [3.63, 3.8) is 0 Å². The Bertz CT molecular complexity index is 659. The molecule has 0 fully saturated rings. The molecule has 0 saturated heterocycles. The largest absolute Gasteiger partial charge is 0.478 e. The van der Waals surface area contributed by atoms with Gasteiger partial charge in [-0.05, 0) is 13.8 Å². The summed E-state index contributed by atoms with van der Waals surface area (Å²) in [7, 11) is 0. The molecule has 0 aliphatic rings. The fourth-order valence-corrected chi connectivity index (χ4v) is 1.87. The van der Waals surface area contributed by atoms with E-state index in [9.17, 15) is 13.2 Å². The van der Waals surface area contributed by atoms with Crippen LogP contribution in [0, 0.1) is 0 Å². The van der Waals surface area contributed by atoms with Gasteiger partial charge in [0.2, 0.25) is 0 Å². The second-order valence-corrected chi connectivity index (χ2v) is 4.60. The van der Waals surface area contributed by atoms with Crippen LogP contribution < -0.4 is 10.5 Å². The molecule has 7 nitrogen and oxygen atoms in total. The Hall–Kier alpha value is -2.36. The van der Waals surface area contributed by atoms with Gasteiger partial charge >= 0.3 is 6.18 Å². The molecule has 0 bridgehead atoms. The molecule has 0 aliphatic heterocycles. The quantitative estimate of drug-likeness (QED) is 0.874. The third-order valence-electron chi connectivity index (χ3n) is 2.87. The predicted molar refractivity (Wildman–Crippen MR) is 75.6 cm³/mol. The highest BCUT2D eigenvalue weighted by Gasteiger charge is 2.30. The second kappa shape index (κ2) is 6.82. The average molecular weight is 331 g/mol. The minimum absolute atomic E-state index is 0.136. The molecule has 0 saturated carbocycles. The number of alkyl halides is 3. The molecule has 0 aliphatic carbocycles. The van der Waals surface area contributed by atoms with Gasteiger partial charge in [-0.3, -0.25) is 0 Å². The van der Waals surface area contributed by atoms with Gasteiger partial charge in [-0.2, -0.15) is 18.3 Å². The molecule has 0 aromatic carbocycles. The monoisotopic (exact) mass is 331 g/mol. The average Bonchev–Trinajstić information content (AvgIpc) is 2.94. The number of rotatable bonds is 6. The number of nitrogens with zero attached hydrogens (tertiary/aromatic N) is 4. The van der Waals surface area contributed by atoms with E-state index in [1.807, 2.05) is 6.92 Å². The van der Waals surface area contributed by atoms with Crippen LogP contribution in [0.1, 0.15) is 20.1 Å². The fourth-order valence-electron chi connectivity index (χ4n) is 1.87. The number of ether oxygens (including phenoxy) is 2.